The first-order valence-electron chi connectivity index (χ1n) is 8.13. The molecular formula is C19H18N4O3. The number of nitro groups is 1. The number of hydrogen-bond acceptors (Lipinski definition) is 6. The lowest BCUT2D eigenvalue weighted by Gasteiger charge is -2.09. The monoisotopic (exact) mass is 350 g/mol. The zero-order chi connectivity index (χ0) is 18.4. The zero-order valence-electron chi connectivity index (χ0n) is 14.1. The van der Waals surface area contributed by atoms with Crippen LogP contribution in [0.25, 0.3) is 10.9 Å². The Morgan fingerprint density at radius 2 is 2.00 bits per heavy atom. The van der Waals surface area contributed by atoms with Crippen molar-refractivity contribution in [2.24, 2.45) is 0 Å². The van der Waals surface area contributed by atoms with E-state index < -0.39 is 4.92 Å². The van der Waals surface area contributed by atoms with Crippen LogP contribution in [0.3, 0.4) is 0 Å². The maximum atomic E-state index is 11.0. The van der Waals surface area contributed by atoms with Gasteiger partial charge in [-0.25, -0.2) is 9.97 Å². The molecular weight excluding hydrogens is 332 g/mol. The molecule has 3 aromatic rings. The van der Waals surface area contributed by atoms with Crippen LogP contribution < -0.4 is 10.1 Å². The third-order valence-electron chi connectivity index (χ3n) is 3.83. The molecule has 1 aromatic heterocycles. The van der Waals surface area contributed by atoms with Crippen LogP contribution in [0.2, 0.25) is 0 Å². The first-order valence-corrected chi connectivity index (χ1v) is 8.13. The number of nitro benzene ring substituents is 1. The van der Waals surface area contributed by atoms with Crippen molar-refractivity contribution >= 4 is 22.4 Å². The highest BCUT2D eigenvalue weighted by atomic mass is 16.6. The fraction of sp³-hybridized carbons (Fsp3) is 0.158. The summed E-state index contributed by atoms with van der Waals surface area (Å²) < 4.78 is 5.46. The molecule has 0 saturated carbocycles. The van der Waals surface area contributed by atoms with E-state index in [-0.39, 0.29) is 5.69 Å². The summed E-state index contributed by atoms with van der Waals surface area (Å²) in [5.74, 6) is 1.39. The summed E-state index contributed by atoms with van der Waals surface area (Å²) in [7, 11) is 0. The van der Waals surface area contributed by atoms with Crippen LogP contribution in [-0.2, 0) is 6.42 Å². The number of ether oxygens (including phenoxy) is 1. The van der Waals surface area contributed by atoms with Crippen LogP contribution in [0.15, 0.2) is 61.4 Å². The van der Waals surface area contributed by atoms with Crippen LogP contribution in [0.5, 0.6) is 5.75 Å². The first kappa shape index (κ1) is 17.3. The Labute approximate surface area is 150 Å². The highest BCUT2D eigenvalue weighted by Gasteiger charge is 2.10. The molecule has 0 spiro atoms. The topological polar surface area (TPSA) is 90.2 Å². The van der Waals surface area contributed by atoms with Gasteiger partial charge in [-0.1, -0.05) is 24.8 Å². The molecule has 0 atom stereocenters. The molecule has 0 amide bonds. The lowest BCUT2D eigenvalue weighted by molar-refractivity contribution is -0.384. The number of benzene rings is 2. The van der Waals surface area contributed by atoms with Gasteiger partial charge in [0, 0.05) is 24.1 Å². The van der Waals surface area contributed by atoms with Crippen molar-refractivity contribution < 1.29 is 9.66 Å². The van der Waals surface area contributed by atoms with Gasteiger partial charge in [0.1, 0.15) is 24.5 Å². The van der Waals surface area contributed by atoms with Crippen molar-refractivity contribution in [2.45, 2.75) is 6.42 Å². The van der Waals surface area contributed by atoms with Gasteiger partial charge in [0.25, 0.3) is 5.69 Å². The van der Waals surface area contributed by atoms with Crippen LogP contribution in [0.1, 0.15) is 5.56 Å². The third-order valence-corrected chi connectivity index (χ3v) is 3.83. The number of non-ortho nitro benzene ring substituents is 1. The van der Waals surface area contributed by atoms with Gasteiger partial charge in [0.15, 0.2) is 0 Å². The van der Waals surface area contributed by atoms with E-state index in [2.05, 4.69) is 21.9 Å². The largest absolute Gasteiger partial charge is 0.490 e. The molecule has 1 N–H and O–H groups in total. The fourth-order valence-electron chi connectivity index (χ4n) is 2.53. The number of anilines is 1. The van der Waals surface area contributed by atoms with Crippen molar-refractivity contribution in [2.75, 3.05) is 18.5 Å². The molecule has 0 aliphatic heterocycles. The second-order valence-electron chi connectivity index (χ2n) is 5.60. The molecule has 0 aliphatic rings. The molecule has 26 heavy (non-hydrogen) atoms. The van der Waals surface area contributed by atoms with E-state index in [9.17, 15) is 10.1 Å². The number of nitrogens with zero attached hydrogens (tertiary/aromatic N) is 3. The Hall–Kier alpha value is -3.48. The Kier molecular flexibility index (Phi) is 5.38. The Morgan fingerprint density at radius 1 is 1.19 bits per heavy atom. The highest BCUT2D eigenvalue weighted by Crippen LogP contribution is 2.24. The average Bonchev–Trinajstić information content (AvgIpc) is 2.67. The van der Waals surface area contributed by atoms with Gasteiger partial charge >= 0.3 is 0 Å². The second-order valence-corrected chi connectivity index (χ2v) is 5.60. The number of nitrogens with one attached hydrogen (secondary N) is 1. The molecule has 0 saturated heterocycles. The predicted molar refractivity (Wildman–Crippen MR) is 101 cm³/mol. The summed E-state index contributed by atoms with van der Waals surface area (Å²) in [5, 5.41) is 14.8. The number of fused-ring (bicyclic) bond motifs is 1. The van der Waals surface area contributed by atoms with Crippen molar-refractivity contribution in [3.05, 3.63) is 77.1 Å². The lowest BCUT2D eigenvalue weighted by Crippen LogP contribution is -2.07. The summed E-state index contributed by atoms with van der Waals surface area (Å²) in [4.78, 5) is 18.9. The summed E-state index contributed by atoms with van der Waals surface area (Å²) in [6.45, 7) is 4.74. The minimum atomic E-state index is -0.424. The fourth-order valence-corrected chi connectivity index (χ4v) is 2.53. The molecule has 132 valence electrons. The van der Waals surface area contributed by atoms with E-state index in [1.165, 1.54) is 18.5 Å². The van der Waals surface area contributed by atoms with E-state index in [0.29, 0.717) is 29.9 Å². The summed E-state index contributed by atoms with van der Waals surface area (Å²) in [6.07, 6.45) is 3.93. The van der Waals surface area contributed by atoms with Gasteiger partial charge in [-0.15, -0.1) is 0 Å². The van der Waals surface area contributed by atoms with Gasteiger partial charge in [0.05, 0.1) is 10.4 Å². The lowest BCUT2D eigenvalue weighted by atomic mass is 10.1. The van der Waals surface area contributed by atoms with E-state index in [0.717, 1.165) is 17.7 Å². The van der Waals surface area contributed by atoms with E-state index in [1.54, 1.807) is 12.1 Å². The quantitative estimate of drug-likeness (QED) is 0.378. The third kappa shape index (κ3) is 4.13. The number of rotatable bonds is 8. The Morgan fingerprint density at radius 3 is 2.73 bits per heavy atom. The molecule has 7 nitrogen and oxygen atoms in total. The Bertz CT molecular complexity index is 926. The van der Waals surface area contributed by atoms with Gasteiger partial charge in [-0.05, 0) is 30.2 Å². The standard InChI is InChI=1S/C19H18N4O3/c1-2-11-26-16-6-3-14(4-7-16)9-10-20-19-17-12-15(23(24)25)5-8-18(17)21-13-22-19/h2-8,12-13H,1,9-11H2,(H,20,21,22). The average molecular weight is 350 g/mol. The molecule has 1 heterocycles. The molecule has 0 bridgehead atoms. The van der Waals surface area contributed by atoms with Crippen LogP contribution >= 0.6 is 0 Å². The maximum Gasteiger partial charge on any atom is 0.270 e. The molecule has 3 rings (SSSR count). The highest BCUT2D eigenvalue weighted by molar-refractivity contribution is 5.90. The molecule has 7 heteroatoms. The number of aromatic nitrogens is 2. The zero-order valence-corrected chi connectivity index (χ0v) is 14.1. The van der Waals surface area contributed by atoms with Crippen molar-refractivity contribution in [1.82, 2.24) is 9.97 Å². The first-order chi connectivity index (χ1) is 12.7. The number of hydrogen-bond donors (Lipinski definition) is 1. The molecule has 0 aliphatic carbocycles. The van der Waals surface area contributed by atoms with E-state index in [1.807, 2.05) is 24.3 Å². The van der Waals surface area contributed by atoms with Gasteiger partial charge < -0.3 is 10.1 Å². The predicted octanol–water partition coefficient (Wildman–Crippen LogP) is 3.76. The minimum absolute atomic E-state index is 0.0189. The summed E-state index contributed by atoms with van der Waals surface area (Å²) in [5.41, 5.74) is 1.83. The minimum Gasteiger partial charge on any atom is -0.490 e. The van der Waals surface area contributed by atoms with Crippen LogP contribution in [0.4, 0.5) is 11.5 Å². The smallest absolute Gasteiger partial charge is 0.270 e. The summed E-state index contributed by atoms with van der Waals surface area (Å²) in [6, 6.07) is 12.4. The van der Waals surface area contributed by atoms with Crippen molar-refractivity contribution in [3.8, 4) is 5.75 Å². The Balaban J connectivity index is 1.67. The van der Waals surface area contributed by atoms with Gasteiger partial charge in [0.2, 0.25) is 0 Å². The SMILES string of the molecule is C=CCOc1ccc(CCNc2ncnc3ccc([N+](=O)[O-])cc23)cc1. The molecule has 2 aromatic carbocycles. The molecule has 0 radical (unpaired) electrons. The van der Waals surface area contributed by atoms with Gasteiger partial charge in [-0.2, -0.15) is 0 Å². The summed E-state index contributed by atoms with van der Waals surface area (Å²) >= 11 is 0. The van der Waals surface area contributed by atoms with Crippen molar-refractivity contribution in [1.29, 1.82) is 0 Å². The van der Waals surface area contributed by atoms with E-state index >= 15 is 0 Å². The molecule has 0 unspecified atom stereocenters. The van der Waals surface area contributed by atoms with Crippen LogP contribution in [-0.4, -0.2) is 28.0 Å². The second kappa shape index (κ2) is 8.06. The van der Waals surface area contributed by atoms with Gasteiger partial charge in [-0.3, -0.25) is 10.1 Å². The molecule has 0 fully saturated rings. The van der Waals surface area contributed by atoms with Crippen molar-refractivity contribution in [3.63, 3.8) is 0 Å². The maximum absolute atomic E-state index is 11.0. The van der Waals surface area contributed by atoms with E-state index in [4.69, 9.17) is 4.74 Å². The normalized spacial score (nSPS) is 10.5. The van der Waals surface area contributed by atoms with Crippen LogP contribution in [0, 0.1) is 10.1 Å².